The van der Waals surface area contributed by atoms with Gasteiger partial charge in [0.25, 0.3) is 0 Å². The van der Waals surface area contributed by atoms with Crippen molar-refractivity contribution in [1.82, 2.24) is 0 Å². The van der Waals surface area contributed by atoms with Gasteiger partial charge in [0.2, 0.25) is 5.91 Å². The number of aliphatic carboxylic acids is 1. The van der Waals surface area contributed by atoms with Gasteiger partial charge in [-0.3, -0.25) is 9.59 Å². The number of carboxylic acids is 1. The van der Waals surface area contributed by atoms with E-state index in [0.717, 1.165) is 12.8 Å². The van der Waals surface area contributed by atoms with Crippen molar-refractivity contribution in [2.24, 2.45) is 11.8 Å². The first-order valence-electron chi connectivity index (χ1n) is 10.4. The zero-order chi connectivity index (χ0) is 27.4. The summed E-state index contributed by atoms with van der Waals surface area (Å²) >= 11 is 0. The number of nitrogen functional groups attached to an aromatic ring is 1. The third-order valence-electron chi connectivity index (χ3n) is 4.67. The molecular weight excluding hydrogens is 562 g/mol. The van der Waals surface area contributed by atoms with Crippen LogP contribution in [0.25, 0.3) is 0 Å². The monoisotopic (exact) mass is 594 g/mol. The van der Waals surface area contributed by atoms with Crippen LogP contribution in [0.15, 0.2) is 58.3 Å². The van der Waals surface area contributed by atoms with E-state index in [1.165, 1.54) is 48.5 Å². The van der Waals surface area contributed by atoms with Gasteiger partial charge in [0, 0.05) is 17.3 Å². The molecular formula is C22H32N2Na2O10S2. The second-order valence-electron chi connectivity index (χ2n) is 7.45. The standard InChI is InChI=1S/C11H15NO4S.C6H7NO3S.C5H10O2.2Na.H2O/c1-3-8(2)11(13)12-9-4-6-10(7-5-9)17(14,15)16;7-5-1-3-6(4-2-5)11(8,9)10;1-3-4(2)5(6)7;;;/h4-8H,3H2,1-2H3,(H,12,13)(H,14,15,16);1-4H,7H2,(H,8,9,10);4H,3H2,1-2H3,(H,6,7);;;1H2/q;;;2*+1;/p-2. The van der Waals surface area contributed by atoms with E-state index < -0.39 is 26.2 Å². The van der Waals surface area contributed by atoms with Gasteiger partial charge in [-0.15, -0.1) is 0 Å². The van der Waals surface area contributed by atoms with Crippen molar-refractivity contribution < 1.29 is 105 Å². The van der Waals surface area contributed by atoms with E-state index in [-0.39, 0.29) is 92.1 Å². The fraction of sp³-hybridized carbons (Fsp3) is 0.364. The Kier molecular flexibility index (Phi) is 24.1. The molecule has 1 amide bonds. The number of hydrogen-bond donors (Lipinski definition) is 3. The SMILES string of the molecule is CCC(C)C(=O)Nc1ccc(S(=O)(=O)[O-])cc1.CCC(C)C(=O)O.Nc1ccc(S(=O)(=O)[O-])cc1.O.[Na+].[Na+]. The fourth-order valence-electron chi connectivity index (χ4n) is 1.96. The zero-order valence-electron chi connectivity index (χ0n) is 22.3. The Hall–Kier alpha value is -1.04. The molecule has 0 aliphatic rings. The van der Waals surface area contributed by atoms with Gasteiger partial charge in [-0.25, -0.2) is 16.8 Å². The number of amides is 1. The van der Waals surface area contributed by atoms with Crippen LogP contribution in [0.3, 0.4) is 0 Å². The number of carbonyl (C=O) groups excluding carboxylic acids is 1. The average Bonchev–Trinajstić information content (AvgIpc) is 2.78. The maximum Gasteiger partial charge on any atom is 1.00 e. The van der Waals surface area contributed by atoms with Crippen LogP contribution in [0, 0.1) is 11.8 Å². The fourth-order valence-corrected chi connectivity index (χ4v) is 2.90. The van der Waals surface area contributed by atoms with E-state index >= 15 is 0 Å². The molecule has 204 valence electrons. The van der Waals surface area contributed by atoms with Crippen LogP contribution in [0.5, 0.6) is 0 Å². The summed E-state index contributed by atoms with van der Waals surface area (Å²) in [5, 5.41) is 10.8. The molecule has 0 saturated heterocycles. The molecule has 0 aliphatic heterocycles. The Labute approximate surface area is 268 Å². The Morgan fingerprint density at radius 3 is 1.42 bits per heavy atom. The number of carboxylic acid groups (broad SMARTS) is 1. The molecule has 6 N–H and O–H groups in total. The first kappa shape index (κ1) is 44.0. The number of hydrogen-bond acceptors (Lipinski definition) is 9. The van der Waals surface area contributed by atoms with Gasteiger partial charge in [-0.1, -0.05) is 27.7 Å². The molecule has 0 saturated carbocycles. The minimum atomic E-state index is -4.43. The van der Waals surface area contributed by atoms with E-state index in [1.54, 1.807) is 13.8 Å². The van der Waals surface area contributed by atoms with E-state index in [2.05, 4.69) is 5.32 Å². The maximum absolute atomic E-state index is 11.5. The smallest absolute Gasteiger partial charge is 0.744 e. The van der Waals surface area contributed by atoms with Crippen molar-refractivity contribution in [3.05, 3.63) is 48.5 Å². The summed E-state index contributed by atoms with van der Waals surface area (Å²) in [5.74, 6) is -1.13. The quantitative estimate of drug-likeness (QED) is 0.160. The molecule has 38 heavy (non-hydrogen) atoms. The molecule has 2 atom stereocenters. The predicted octanol–water partition coefficient (Wildman–Crippen LogP) is -3.95. The van der Waals surface area contributed by atoms with Crippen LogP contribution in [0.4, 0.5) is 11.4 Å². The molecule has 0 aliphatic carbocycles. The molecule has 2 unspecified atom stereocenters. The van der Waals surface area contributed by atoms with Crippen LogP contribution in [0.2, 0.25) is 0 Å². The minimum Gasteiger partial charge on any atom is -0.744 e. The first-order chi connectivity index (χ1) is 16.0. The van der Waals surface area contributed by atoms with Crippen LogP contribution < -0.4 is 70.2 Å². The molecule has 0 heterocycles. The number of rotatable bonds is 7. The molecule has 0 bridgehead atoms. The minimum absolute atomic E-state index is 0. The zero-order valence-corrected chi connectivity index (χ0v) is 27.9. The second-order valence-corrected chi connectivity index (χ2v) is 10.2. The Balaban J connectivity index is -0.000000240. The summed E-state index contributed by atoms with van der Waals surface area (Å²) in [6.07, 6.45) is 1.44. The third kappa shape index (κ3) is 18.3. The van der Waals surface area contributed by atoms with Crippen molar-refractivity contribution in [2.45, 2.75) is 50.3 Å². The molecule has 2 aromatic rings. The van der Waals surface area contributed by atoms with Crippen molar-refractivity contribution in [2.75, 3.05) is 11.1 Å². The average molecular weight is 595 g/mol. The van der Waals surface area contributed by atoms with Crippen molar-refractivity contribution in [3.63, 3.8) is 0 Å². The molecule has 12 nitrogen and oxygen atoms in total. The van der Waals surface area contributed by atoms with E-state index in [4.69, 9.17) is 10.8 Å². The molecule has 0 radical (unpaired) electrons. The van der Waals surface area contributed by atoms with Crippen LogP contribution >= 0.6 is 0 Å². The number of benzene rings is 2. The van der Waals surface area contributed by atoms with Crippen LogP contribution in [-0.4, -0.2) is 48.4 Å². The van der Waals surface area contributed by atoms with Crippen molar-refractivity contribution in [1.29, 1.82) is 0 Å². The molecule has 0 spiro atoms. The Morgan fingerprint density at radius 1 is 0.816 bits per heavy atom. The van der Waals surface area contributed by atoms with Crippen molar-refractivity contribution in [3.8, 4) is 0 Å². The molecule has 0 aromatic heterocycles. The van der Waals surface area contributed by atoms with Gasteiger partial charge in [0.15, 0.2) is 0 Å². The Bertz CT molecular complexity index is 1180. The second kappa shape index (κ2) is 20.8. The van der Waals surface area contributed by atoms with Crippen LogP contribution in [0.1, 0.15) is 40.5 Å². The summed E-state index contributed by atoms with van der Waals surface area (Å²) in [5.41, 5.74) is 6.18. The maximum atomic E-state index is 11.5. The summed E-state index contributed by atoms with van der Waals surface area (Å²) in [7, 11) is -8.76. The number of nitrogens with one attached hydrogen (secondary N) is 1. The topological polar surface area (TPSA) is 238 Å². The van der Waals surface area contributed by atoms with Gasteiger partial charge in [-0.2, -0.15) is 0 Å². The van der Waals surface area contributed by atoms with E-state index in [1.807, 2.05) is 13.8 Å². The number of anilines is 2. The largest absolute Gasteiger partial charge is 1.00 e. The predicted molar refractivity (Wildman–Crippen MR) is 132 cm³/mol. The molecule has 2 rings (SSSR count). The van der Waals surface area contributed by atoms with Crippen molar-refractivity contribution >= 4 is 43.5 Å². The summed E-state index contributed by atoms with van der Waals surface area (Å²) < 4.78 is 63.1. The van der Waals surface area contributed by atoms with Gasteiger partial charge in [0.05, 0.1) is 15.7 Å². The van der Waals surface area contributed by atoms with E-state index in [0.29, 0.717) is 11.4 Å². The number of nitrogens with two attached hydrogens (primary N) is 1. The van der Waals surface area contributed by atoms with Gasteiger partial charge in [-0.05, 0) is 61.4 Å². The molecule has 16 heteroatoms. The molecule has 2 aromatic carbocycles. The van der Waals surface area contributed by atoms with Gasteiger partial charge in [0.1, 0.15) is 20.2 Å². The third-order valence-corrected chi connectivity index (χ3v) is 6.37. The van der Waals surface area contributed by atoms with Gasteiger partial charge >= 0.3 is 65.1 Å². The molecule has 0 fully saturated rings. The summed E-state index contributed by atoms with van der Waals surface area (Å²) in [6.45, 7) is 7.25. The first-order valence-corrected chi connectivity index (χ1v) is 13.3. The normalized spacial score (nSPS) is 11.6. The van der Waals surface area contributed by atoms with E-state index in [9.17, 15) is 35.5 Å². The van der Waals surface area contributed by atoms with Crippen LogP contribution in [-0.2, 0) is 29.8 Å². The number of carbonyl (C=O) groups is 2. The summed E-state index contributed by atoms with van der Waals surface area (Å²) in [6, 6.07) is 10.2. The van der Waals surface area contributed by atoms with Gasteiger partial charge < -0.3 is 30.7 Å². The summed E-state index contributed by atoms with van der Waals surface area (Å²) in [4.78, 5) is 20.9. The Morgan fingerprint density at radius 2 is 1.16 bits per heavy atom.